The van der Waals surface area contributed by atoms with Gasteiger partial charge < -0.3 is 10.4 Å². The molecule has 0 radical (unpaired) electrons. The van der Waals surface area contributed by atoms with Crippen molar-refractivity contribution in [1.29, 1.82) is 0 Å². The van der Waals surface area contributed by atoms with Crippen molar-refractivity contribution in [3.05, 3.63) is 28.8 Å². The van der Waals surface area contributed by atoms with Gasteiger partial charge in [0.15, 0.2) is 0 Å². The van der Waals surface area contributed by atoms with Crippen molar-refractivity contribution < 1.29 is 9.90 Å². The summed E-state index contributed by atoms with van der Waals surface area (Å²) in [6, 6.07) is 4.01. The summed E-state index contributed by atoms with van der Waals surface area (Å²) in [7, 11) is 0. The monoisotopic (exact) mass is 318 g/mol. The molecule has 128 valence electrons. The zero-order valence-electron chi connectivity index (χ0n) is 15.0. The number of hydrogen-bond donors (Lipinski definition) is 2. The highest BCUT2D eigenvalue weighted by Gasteiger charge is 2.29. The van der Waals surface area contributed by atoms with Gasteiger partial charge in [-0.05, 0) is 71.0 Å². The van der Waals surface area contributed by atoms with Crippen molar-refractivity contribution in [2.75, 3.05) is 18.4 Å². The highest BCUT2D eigenvalue weighted by atomic mass is 16.3. The van der Waals surface area contributed by atoms with Crippen LogP contribution in [0.4, 0.5) is 5.69 Å². The molecule has 1 saturated heterocycles. The molecule has 4 nitrogen and oxygen atoms in total. The van der Waals surface area contributed by atoms with Crippen LogP contribution in [0, 0.1) is 26.7 Å². The quantitative estimate of drug-likeness (QED) is 0.897. The number of likely N-dealkylation sites (tertiary alicyclic amines) is 1. The SMILES string of the molecule is Cc1cc(C)c(NC(=O)C(C)N2CCCC(C(C)O)C2)c(C)c1. The largest absolute Gasteiger partial charge is 0.393 e. The van der Waals surface area contributed by atoms with Crippen molar-refractivity contribution in [3.8, 4) is 0 Å². The number of piperidine rings is 1. The maximum absolute atomic E-state index is 12.7. The number of aliphatic hydroxyl groups excluding tert-OH is 1. The van der Waals surface area contributed by atoms with E-state index in [1.54, 1.807) is 0 Å². The van der Waals surface area contributed by atoms with Crippen LogP contribution in [0.5, 0.6) is 0 Å². The van der Waals surface area contributed by atoms with Crippen molar-refractivity contribution in [3.63, 3.8) is 0 Å². The van der Waals surface area contributed by atoms with Crippen LogP contribution >= 0.6 is 0 Å². The van der Waals surface area contributed by atoms with Gasteiger partial charge in [0.05, 0.1) is 12.1 Å². The molecule has 4 heteroatoms. The van der Waals surface area contributed by atoms with Crippen LogP contribution in [-0.2, 0) is 4.79 Å². The van der Waals surface area contributed by atoms with Crippen LogP contribution in [0.3, 0.4) is 0 Å². The molecule has 0 spiro atoms. The predicted molar refractivity (Wildman–Crippen MR) is 94.7 cm³/mol. The van der Waals surface area contributed by atoms with Crippen molar-refractivity contribution >= 4 is 11.6 Å². The number of benzene rings is 1. The summed E-state index contributed by atoms with van der Waals surface area (Å²) in [6.07, 6.45) is 1.77. The van der Waals surface area contributed by atoms with E-state index in [1.807, 2.05) is 27.7 Å². The van der Waals surface area contributed by atoms with Crippen LogP contribution in [0.25, 0.3) is 0 Å². The van der Waals surface area contributed by atoms with Crippen LogP contribution in [0.1, 0.15) is 43.4 Å². The first-order valence-electron chi connectivity index (χ1n) is 8.60. The van der Waals surface area contributed by atoms with E-state index in [9.17, 15) is 9.90 Å². The number of rotatable bonds is 4. The Bertz CT molecular complexity index is 545. The van der Waals surface area contributed by atoms with Gasteiger partial charge in [-0.25, -0.2) is 0 Å². The Morgan fingerprint density at radius 3 is 2.43 bits per heavy atom. The van der Waals surface area contributed by atoms with E-state index >= 15 is 0 Å². The van der Waals surface area contributed by atoms with Crippen LogP contribution in [0.2, 0.25) is 0 Å². The summed E-state index contributed by atoms with van der Waals surface area (Å²) in [4.78, 5) is 14.9. The van der Waals surface area contributed by atoms with Crippen LogP contribution in [-0.4, -0.2) is 41.1 Å². The number of nitrogens with one attached hydrogen (secondary N) is 1. The van der Waals surface area contributed by atoms with Crippen molar-refractivity contribution in [2.24, 2.45) is 5.92 Å². The maximum atomic E-state index is 12.7. The molecule has 1 aliphatic rings. The second-order valence-corrected chi connectivity index (χ2v) is 7.08. The normalized spacial score (nSPS) is 21.7. The molecule has 1 amide bonds. The third-order valence-corrected chi connectivity index (χ3v) is 5.02. The summed E-state index contributed by atoms with van der Waals surface area (Å²) in [5.74, 6) is 0.299. The number of anilines is 1. The Morgan fingerprint density at radius 1 is 1.26 bits per heavy atom. The second-order valence-electron chi connectivity index (χ2n) is 7.08. The molecule has 1 aromatic rings. The molecule has 3 unspecified atom stereocenters. The molecule has 0 bridgehead atoms. The van der Waals surface area contributed by atoms with Gasteiger partial charge in [0.2, 0.25) is 5.91 Å². The van der Waals surface area contributed by atoms with Gasteiger partial charge in [0.1, 0.15) is 0 Å². The molecule has 2 rings (SSSR count). The highest BCUT2D eigenvalue weighted by Crippen LogP contribution is 2.24. The molecule has 1 heterocycles. The zero-order valence-corrected chi connectivity index (χ0v) is 15.0. The molecule has 23 heavy (non-hydrogen) atoms. The second kappa shape index (κ2) is 7.45. The number of carbonyl (C=O) groups is 1. The highest BCUT2D eigenvalue weighted by molar-refractivity contribution is 5.96. The maximum Gasteiger partial charge on any atom is 0.241 e. The number of carbonyl (C=O) groups excluding carboxylic acids is 1. The molecule has 1 fully saturated rings. The summed E-state index contributed by atoms with van der Waals surface area (Å²) >= 11 is 0. The number of amides is 1. The zero-order chi connectivity index (χ0) is 17.1. The molecular formula is C19H30N2O2. The number of nitrogens with zero attached hydrogens (tertiary/aromatic N) is 1. The molecule has 0 saturated carbocycles. The Morgan fingerprint density at radius 2 is 1.87 bits per heavy atom. The third kappa shape index (κ3) is 4.33. The van der Waals surface area contributed by atoms with E-state index in [-0.39, 0.29) is 24.0 Å². The lowest BCUT2D eigenvalue weighted by Crippen LogP contribution is -2.48. The minimum Gasteiger partial charge on any atom is -0.393 e. The van der Waals surface area contributed by atoms with Crippen molar-refractivity contribution in [2.45, 2.75) is 59.6 Å². The first-order valence-corrected chi connectivity index (χ1v) is 8.60. The molecule has 3 atom stereocenters. The topological polar surface area (TPSA) is 52.6 Å². The van der Waals surface area contributed by atoms with Gasteiger partial charge in [-0.3, -0.25) is 9.69 Å². The number of aliphatic hydroxyl groups is 1. The standard InChI is InChI=1S/C19H30N2O2/c1-12-9-13(2)18(14(3)10-12)20-19(23)15(4)21-8-6-7-17(11-21)16(5)22/h9-10,15-17,22H,6-8,11H2,1-5H3,(H,20,23). The molecule has 1 aromatic carbocycles. The Balaban J connectivity index is 2.06. The summed E-state index contributed by atoms with van der Waals surface area (Å²) in [5.41, 5.74) is 4.34. The van der Waals surface area contributed by atoms with Gasteiger partial charge in [0.25, 0.3) is 0 Å². The predicted octanol–water partition coefficient (Wildman–Crippen LogP) is 3.03. The Kier molecular flexibility index (Phi) is 5.82. The Hall–Kier alpha value is -1.39. The first-order chi connectivity index (χ1) is 10.8. The van der Waals surface area contributed by atoms with Gasteiger partial charge in [-0.15, -0.1) is 0 Å². The molecule has 1 aliphatic heterocycles. The molecule has 0 aliphatic carbocycles. The van der Waals surface area contributed by atoms with E-state index in [2.05, 4.69) is 29.3 Å². The average Bonchev–Trinajstić information content (AvgIpc) is 2.50. The van der Waals surface area contributed by atoms with Gasteiger partial charge >= 0.3 is 0 Å². The fraction of sp³-hybridized carbons (Fsp3) is 0.632. The van der Waals surface area contributed by atoms with E-state index in [4.69, 9.17) is 0 Å². The van der Waals surface area contributed by atoms with Gasteiger partial charge in [-0.1, -0.05) is 17.7 Å². The molecule has 0 aromatic heterocycles. The Labute approximate surface area is 139 Å². The lowest BCUT2D eigenvalue weighted by molar-refractivity contribution is -0.121. The van der Waals surface area contributed by atoms with E-state index in [1.165, 1.54) is 5.56 Å². The number of aryl methyl sites for hydroxylation is 3. The van der Waals surface area contributed by atoms with Crippen molar-refractivity contribution in [1.82, 2.24) is 4.90 Å². The smallest absolute Gasteiger partial charge is 0.241 e. The fourth-order valence-corrected chi connectivity index (χ4v) is 3.56. The lowest BCUT2D eigenvalue weighted by Gasteiger charge is -2.37. The first kappa shape index (κ1) is 18.0. The van der Waals surface area contributed by atoms with Crippen LogP contribution < -0.4 is 5.32 Å². The van der Waals surface area contributed by atoms with Gasteiger partial charge in [0, 0.05) is 12.2 Å². The van der Waals surface area contributed by atoms with E-state index < -0.39 is 0 Å². The summed E-state index contributed by atoms with van der Waals surface area (Å²) < 4.78 is 0. The summed E-state index contributed by atoms with van der Waals surface area (Å²) in [6.45, 7) is 11.6. The minimum absolute atomic E-state index is 0.0336. The lowest BCUT2D eigenvalue weighted by atomic mass is 9.92. The summed E-state index contributed by atoms with van der Waals surface area (Å²) in [5, 5.41) is 12.9. The fourth-order valence-electron chi connectivity index (χ4n) is 3.56. The van der Waals surface area contributed by atoms with Gasteiger partial charge in [-0.2, -0.15) is 0 Å². The average molecular weight is 318 g/mol. The number of hydrogen-bond acceptors (Lipinski definition) is 3. The minimum atomic E-state index is -0.311. The molecule has 2 N–H and O–H groups in total. The molecular weight excluding hydrogens is 288 g/mol. The van der Waals surface area contributed by atoms with E-state index in [0.29, 0.717) is 0 Å². The van der Waals surface area contributed by atoms with E-state index in [0.717, 1.165) is 42.7 Å². The van der Waals surface area contributed by atoms with Crippen LogP contribution in [0.15, 0.2) is 12.1 Å². The third-order valence-electron chi connectivity index (χ3n) is 5.02.